The van der Waals surface area contributed by atoms with Crippen LogP contribution >= 0.6 is 0 Å². The van der Waals surface area contributed by atoms with Gasteiger partial charge in [0.15, 0.2) is 12.6 Å². The van der Waals surface area contributed by atoms with E-state index in [0.717, 1.165) is 22.3 Å². The van der Waals surface area contributed by atoms with Gasteiger partial charge in [0.2, 0.25) is 0 Å². The summed E-state index contributed by atoms with van der Waals surface area (Å²) in [5.41, 5.74) is 3.82. The summed E-state index contributed by atoms with van der Waals surface area (Å²) < 4.78 is 50.8. The van der Waals surface area contributed by atoms with Gasteiger partial charge in [0.25, 0.3) is 0 Å². The van der Waals surface area contributed by atoms with Gasteiger partial charge in [-0.15, -0.1) is 0 Å². The molecule has 6 rings (SSSR count). The first kappa shape index (κ1) is 37.2. The van der Waals surface area contributed by atoms with Gasteiger partial charge >= 0.3 is 0 Å². The molecule has 4 aromatic carbocycles. The van der Waals surface area contributed by atoms with Gasteiger partial charge in [0, 0.05) is 7.11 Å². The molecule has 272 valence electrons. The highest BCUT2D eigenvalue weighted by Crippen LogP contribution is 2.34. The summed E-state index contributed by atoms with van der Waals surface area (Å²) in [6.07, 6.45) is -9.34. The number of aliphatic hydroxyl groups excluding tert-OH is 2. The smallest absolute Gasteiger partial charge is 0.187 e. The van der Waals surface area contributed by atoms with Crippen LogP contribution in [-0.4, -0.2) is 85.3 Å². The number of ether oxygens (including phenoxy) is 8. The van der Waals surface area contributed by atoms with Gasteiger partial charge in [-0.25, -0.2) is 0 Å². The van der Waals surface area contributed by atoms with Crippen LogP contribution in [0.25, 0.3) is 0 Å². The molecule has 2 N–H and O–H groups in total. The summed E-state index contributed by atoms with van der Waals surface area (Å²) >= 11 is 0. The molecule has 10 heteroatoms. The van der Waals surface area contributed by atoms with E-state index in [4.69, 9.17) is 37.9 Å². The predicted octanol–water partition coefficient (Wildman–Crippen LogP) is 5.18. The first-order valence-electron chi connectivity index (χ1n) is 17.4. The predicted molar refractivity (Wildman–Crippen MR) is 188 cm³/mol. The van der Waals surface area contributed by atoms with E-state index in [1.54, 1.807) is 14.0 Å². The van der Waals surface area contributed by atoms with Crippen LogP contribution in [0.15, 0.2) is 121 Å². The molecule has 0 aliphatic carbocycles. The Morgan fingerprint density at radius 2 is 0.961 bits per heavy atom. The zero-order valence-electron chi connectivity index (χ0n) is 29.0. The van der Waals surface area contributed by atoms with E-state index < -0.39 is 61.4 Å². The minimum atomic E-state index is -1.35. The Bertz CT molecular complexity index is 1550. The second-order valence-corrected chi connectivity index (χ2v) is 12.9. The van der Waals surface area contributed by atoms with E-state index in [1.807, 2.05) is 121 Å². The molecule has 4 aromatic rings. The molecule has 0 amide bonds. The summed E-state index contributed by atoms with van der Waals surface area (Å²) in [7, 11) is 1.55. The zero-order valence-corrected chi connectivity index (χ0v) is 29.0. The number of rotatable bonds is 16. The van der Waals surface area contributed by atoms with Crippen molar-refractivity contribution < 1.29 is 48.1 Å². The summed E-state index contributed by atoms with van der Waals surface area (Å²) in [4.78, 5) is 0. The van der Waals surface area contributed by atoms with Crippen molar-refractivity contribution in [1.29, 1.82) is 0 Å². The minimum absolute atomic E-state index is 0.158. The van der Waals surface area contributed by atoms with Gasteiger partial charge in [-0.05, 0) is 29.2 Å². The Balaban J connectivity index is 1.28. The quantitative estimate of drug-likeness (QED) is 0.162. The van der Waals surface area contributed by atoms with Gasteiger partial charge < -0.3 is 48.1 Å². The molecular weight excluding hydrogens is 652 g/mol. The summed E-state index contributed by atoms with van der Waals surface area (Å²) in [5.74, 6) is 0. The Morgan fingerprint density at radius 1 is 0.510 bits per heavy atom. The highest BCUT2D eigenvalue weighted by molar-refractivity contribution is 5.16. The molecule has 0 spiro atoms. The third-order valence-electron chi connectivity index (χ3n) is 9.15. The van der Waals surface area contributed by atoms with Crippen molar-refractivity contribution in [3.63, 3.8) is 0 Å². The third kappa shape index (κ3) is 10.1. The lowest BCUT2D eigenvalue weighted by Gasteiger charge is -2.48. The third-order valence-corrected chi connectivity index (χ3v) is 9.15. The number of aliphatic hydroxyl groups is 2. The van der Waals surface area contributed by atoms with Crippen LogP contribution in [0.2, 0.25) is 0 Å². The molecule has 0 radical (unpaired) electrons. The maximum absolute atomic E-state index is 11.7. The summed E-state index contributed by atoms with van der Waals surface area (Å²) in [5, 5.41) is 22.7. The highest BCUT2D eigenvalue weighted by Gasteiger charge is 2.52. The highest BCUT2D eigenvalue weighted by atomic mass is 16.7. The van der Waals surface area contributed by atoms with Gasteiger partial charge in [0.1, 0.15) is 42.7 Å². The maximum atomic E-state index is 11.7. The molecule has 2 aliphatic heterocycles. The fourth-order valence-corrected chi connectivity index (χ4v) is 6.36. The van der Waals surface area contributed by atoms with Crippen LogP contribution in [0.1, 0.15) is 29.2 Å². The molecule has 0 aromatic heterocycles. The average Bonchev–Trinajstić information content (AvgIpc) is 3.17. The van der Waals surface area contributed by atoms with E-state index in [1.165, 1.54) is 0 Å². The van der Waals surface area contributed by atoms with E-state index in [-0.39, 0.29) is 26.4 Å². The second-order valence-electron chi connectivity index (χ2n) is 12.9. The zero-order chi connectivity index (χ0) is 35.4. The molecule has 2 fully saturated rings. The SMILES string of the molecule is CO[C@H]1O[C@H](COCc2ccccc2)[C@@H](OCc2ccccc2)[C@H](O[C@H]2O[C@@H](C)[C@H](O)[C@@H](OCc3ccccc3)[C@H]2O)[C@@H]1OCc1ccccc1. The monoisotopic (exact) mass is 700 g/mol. The van der Waals surface area contributed by atoms with Crippen LogP contribution in [0, 0.1) is 0 Å². The molecule has 0 saturated carbocycles. The molecule has 51 heavy (non-hydrogen) atoms. The van der Waals surface area contributed by atoms with Crippen LogP contribution < -0.4 is 0 Å². The largest absolute Gasteiger partial charge is 0.388 e. The molecule has 10 nitrogen and oxygen atoms in total. The number of hydrogen-bond donors (Lipinski definition) is 2. The van der Waals surface area contributed by atoms with E-state index in [2.05, 4.69) is 0 Å². The standard InChI is InChI=1S/C41H48O10/c1-28-34(42)37(47-25-31-19-11-5-12-20-31)35(43)40(49-28)51-38-36(46-24-30-17-9-4-10-18-30)33(27-45-23-29-15-7-3-8-16-29)50-41(44-2)39(38)48-26-32-21-13-6-14-22-32/h3-22,28,33-43H,23-27H2,1-2H3/t28-,33+,34-,35+,36+,37+,38-,39-,40+,41-/m0/s1. The fourth-order valence-electron chi connectivity index (χ4n) is 6.36. The normalized spacial score (nSPS) is 29.5. The van der Waals surface area contributed by atoms with Crippen molar-refractivity contribution in [2.24, 2.45) is 0 Å². The first-order chi connectivity index (χ1) is 25.0. The Kier molecular flexibility index (Phi) is 13.7. The van der Waals surface area contributed by atoms with Gasteiger partial charge in [-0.2, -0.15) is 0 Å². The lowest BCUT2D eigenvalue weighted by atomic mass is 9.96. The summed E-state index contributed by atoms with van der Waals surface area (Å²) in [6, 6.07) is 39.0. The Morgan fingerprint density at radius 3 is 1.45 bits per heavy atom. The number of methoxy groups -OCH3 is 1. The minimum Gasteiger partial charge on any atom is -0.388 e. The molecule has 10 atom stereocenters. The fraction of sp³-hybridized carbons (Fsp3) is 0.415. The molecule has 2 aliphatic rings. The molecule has 0 unspecified atom stereocenters. The molecule has 0 bridgehead atoms. The van der Waals surface area contributed by atoms with Gasteiger partial charge in [0.05, 0.1) is 39.1 Å². The lowest BCUT2D eigenvalue weighted by molar-refractivity contribution is -0.367. The van der Waals surface area contributed by atoms with E-state index >= 15 is 0 Å². The van der Waals surface area contributed by atoms with E-state index in [9.17, 15) is 10.2 Å². The molecule has 2 saturated heterocycles. The summed E-state index contributed by atoms with van der Waals surface area (Å²) in [6.45, 7) is 2.92. The van der Waals surface area contributed by atoms with Crippen molar-refractivity contribution in [2.45, 2.75) is 94.8 Å². The number of benzene rings is 4. The van der Waals surface area contributed by atoms with Crippen LogP contribution in [0.5, 0.6) is 0 Å². The van der Waals surface area contributed by atoms with E-state index in [0.29, 0.717) is 6.61 Å². The van der Waals surface area contributed by atoms with Gasteiger partial charge in [-0.3, -0.25) is 0 Å². The van der Waals surface area contributed by atoms with Crippen molar-refractivity contribution >= 4 is 0 Å². The van der Waals surface area contributed by atoms with Crippen LogP contribution in [-0.2, 0) is 64.3 Å². The molecule has 2 heterocycles. The topological polar surface area (TPSA) is 114 Å². The van der Waals surface area contributed by atoms with Crippen molar-refractivity contribution in [1.82, 2.24) is 0 Å². The number of hydrogen-bond acceptors (Lipinski definition) is 10. The first-order valence-corrected chi connectivity index (χ1v) is 17.4. The Hall–Kier alpha value is -3.52. The van der Waals surface area contributed by atoms with Gasteiger partial charge in [-0.1, -0.05) is 121 Å². The maximum Gasteiger partial charge on any atom is 0.187 e. The lowest BCUT2D eigenvalue weighted by Crippen LogP contribution is -2.65. The van der Waals surface area contributed by atoms with Crippen molar-refractivity contribution in [3.05, 3.63) is 144 Å². The second kappa shape index (κ2) is 18.8. The average molecular weight is 701 g/mol. The van der Waals surface area contributed by atoms with Crippen LogP contribution in [0.3, 0.4) is 0 Å². The van der Waals surface area contributed by atoms with Crippen molar-refractivity contribution in [2.75, 3.05) is 13.7 Å². The Labute approximate surface area is 299 Å². The van der Waals surface area contributed by atoms with Crippen molar-refractivity contribution in [3.8, 4) is 0 Å². The molecular formula is C41H48O10. The van der Waals surface area contributed by atoms with Crippen LogP contribution in [0.4, 0.5) is 0 Å².